The summed E-state index contributed by atoms with van der Waals surface area (Å²) in [5.41, 5.74) is 2.46. The Bertz CT molecular complexity index is 381. The molecule has 0 unspecified atom stereocenters. The monoisotopic (exact) mass is 217 g/mol. The summed E-state index contributed by atoms with van der Waals surface area (Å²) in [6.45, 7) is 3.05. The Morgan fingerprint density at radius 1 is 1.19 bits per heavy atom. The normalized spacial score (nSPS) is 19.8. The molecule has 1 heterocycles. The predicted molar refractivity (Wildman–Crippen MR) is 65.5 cm³/mol. The minimum atomic E-state index is 0.679. The molecule has 2 saturated carbocycles. The van der Waals surface area contributed by atoms with Crippen LogP contribution in [0.5, 0.6) is 0 Å². The van der Waals surface area contributed by atoms with E-state index in [0.717, 1.165) is 24.1 Å². The van der Waals surface area contributed by atoms with Gasteiger partial charge in [0, 0.05) is 24.3 Å². The zero-order valence-electron chi connectivity index (χ0n) is 9.79. The molecule has 0 aliphatic heterocycles. The minimum Gasteiger partial charge on any atom is -0.367 e. The molecular weight excluding hydrogens is 198 g/mol. The van der Waals surface area contributed by atoms with Crippen LogP contribution in [0.4, 0.5) is 5.82 Å². The SMILES string of the molecule is Cc1cc(CNC2CC2)cc(NC2CC2)n1. The molecule has 86 valence electrons. The van der Waals surface area contributed by atoms with Crippen LogP contribution in [-0.4, -0.2) is 17.1 Å². The molecule has 1 aromatic heterocycles. The van der Waals surface area contributed by atoms with Crippen molar-refractivity contribution in [2.75, 3.05) is 5.32 Å². The second kappa shape index (κ2) is 4.06. The third kappa shape index (κ3) is 2.73. The second-order valence-corrected chi connectivity index (χ2v) is 5.08. The molecule has 0 amide bonds. The Kier molecular flexibility index (Phi) is 2.56. The molecular formula is C13H19N3. The summed E-state index contributed by atoms with van der Waals surface area (Å²) in [6.07, 6.45) is 5.28. The van der Waals surface area contributed by atoms with E-state index in [2.05, 4.69) is 34.7 Å². The smallest absolute Gasteiger partial charge is 0.126 e. The summed E-state index contributed by atoms with van der Waals surface area (Å²) < 4.78 is 0. The second-order valence-electron chi connectivity index (χ2n) is 5.08. The Hall–Kier alpha value is -1.09. The highest BCUT2D eigenvalue weighted by molar-refractivity contribution is 5.41. The van der Waals surface area contributed by atoms with Crippen LogP contribution in [0.1, 0.15) is 36.9 Å². The lowest BCUT2D eigenvalue weighted by Gasteiger charge is -2.09. The van der Waals surface area contributed by atoms with E-state index >= 15 is 0 Å². The summed E-state index contributed by atoms with van der Waals surface area (Å²) >= 11 is 0. The molecule has 0 atom stereocenters. The largest absolute Gasteiger partial charge is 0.367 e. The van der Waals surface area contributed by atoms with E-state index in [9.17, 15) is 0 Å². The maximum atomic E-state index is 4.52. The van der Waals surface area contributed by atoms with Gasteiger partial charge >= 0.3 is 0 Å². The minimum absolute atomic E-state index is 0.679. The van der Waals surface area contributed by atoms with Gasteiger partial charge in [-0.1, -0.05) is 0 Å². The van der Waals surface area contributed by atoms with Crippen LogP contribution in [0.3, 0.4) is 0 Å². The summed E-state index contributed by atoms with van der Waals surface area (Å²) in [5, 5.41) is 7.00. The van der Waals surface area contributed by atoms with E-state index in [0.29, 0.717) is 6.04 Å². The van der Waals surface area contributed by atoms with Crippen molar-refractivity contribution in [2.45, 2.75) is 51.2 Å². The van der Waals surface area contributed by atoms with Gasteiger partial charge in [-0.25, -0.2) is 4.98 Å². The number of aryl methyl sites for hydroxylation is 1. The van der Waals surface area contributed by atoms with Gasteiger partial charge < -0.3 is 10.6 Å². The number of hydrogen-bond acceptors (Lipinski definition) is 3. The molecule has 2 fully saturated rings. The van der Waals surface area contributed by atoms with E-state index in [1.165, 1.54) is 31.2 Å². The Labute approximate surface area is 96.7 Å². The summed E-state index contributed by atoms with van der Waals surface area (Å²) in [7, 11) is 0. The highest BCUT2D eigenvalue weighted by atomic mass is 15.0. The zero-order chi connectivity index (χ0) is 11.0. The molecule has 2 N–H and O–H groups in total. The van der Waals surface area contributed by atoms with Crippen molar-refractivity contribution in [1.82, 2.24) is 10.3 Å². The van der Waals surface area contributed by atoms with Crippen LogP contribution >= 0.6 is 0 Å². The molecule has 2 aliphatic carbocycles. The number of aromatic nitrogens is 1. The maximum absolute atomic E-state index is 4.52. The number of anilines is 1. The molecule has 2 aliphatic rings. The quantitative estimate of drug-likeness (QED) is 0.794. The highest BCUT2D eigenvalue weighted by Gasteiger charge is 2.22. The fourth-order valence-electron chi connectivity index (χ4n) is 1.90. The molecule has 3 rings (SSSR count). The molecule has 0 radical (unpaired) electrons. The van der Waals surface area contributed by atoms with Crippen molar-refractivity contribution in [2.24, 2.45) is 0 Å². The van der Waals surface area contributed by atoms with Crippen LogP contribution in [0, 0.1) is 6.92 Å². The van der Waals surface area contributed by atoms with Gasteiger partial charge in [-0.2, -0.15) is 0 Å². The summed E-state index contributed by atoms with van der Waals surface area (Å²) in [4.78, 5) is 4.52. The van der Waals surface area contributed by atoms with Gasteiger partial charge in [-0.05, 0) is 50.3 Å². The van der Waals surface area contributed by atoms with E-state index in [-0.39, 0.29) is 0 Å². The van der Waals surface area contributed by atoms with Gasteiger partial charge in [0.15, 0.2) is 0 Å². The van der Waals surface area contributed by atoms with Gasteiger partial charge in [0.2, 0.25) is 0 Å². The van der Waals surface area contributed by atoms with Crippen molar-refractivity contribution in [3.8, 4) is 0 Å². The van der Waals surface area contributed by atoms with E-state index in [4.69, 9.17) is 0 Å². The van der Waals surface area contributed by atoms with E-state index < -0.39 is 0 Å². The third-order valence-electron chi connectivity index (χ3n) is 3.11. The number of rotatable bonds is 5. The zero-order valence-corrected chi connectivity index (χ0v) is 9.79. The van der Waals surface area contributed by atoms with Gasteiger partial charge in [0.25, 0.3) is 0 Å². The molecule has 0 spiro atoms. The van der Waals surface area contributed by atoms with Gasteiger partial charge in [-0.15, -0.1) is 0 Å². The number of nitrogens with one attached hydrogen (secondary N) is 2. The number of pyridine rings is 1. The molecule has 1 aromatic rings. The molecule has 3 heteroatoms. The van der Waals surface area contributed by atoms with Gasteiger partial charge in [0.05, 0.1) is 0 Å². The molecule has 0 saturated heterocycles. The highest BCUT2D eigenvalue weighted by Crippen LogP contribution is 2.24. The van der Waals surface area contributed by atoms with Crippen molar-refractivity contribution >= 4 is 5.82 Å². The van der Waals surface area contributed by atoms with E-state index in [1.807, 2.05) is 0 Å². The summed E-state index contributed by atoms with van der Waals surface area (Å²) in [6, 6.07) is 5.81. The summed E-state index contributed by atoms with van der Waals surface area (Å²) in [5.74, 6) is 1.05. The van der Waals surface area contributed by atoms with Gasteiger partial charge in [-0.3, -0.25) is 0 Å². The van der Waals surface area contributed by atoms with Crippen molar-refractivity contribution in [1.29, 1.82) is 0 Å². The number of nitrogens with zero attached hydrogens (tertiary/aromatic N) is 1. The van der Waals surface area contributed by atoms with Crippen molar-refractivity contribution < 1.29 is 0 Å². The van der Waals surface area contributed by atoms with Crippen molar-refractivity contribution in [3.63, 3.8) is 0 Å². The fourth-order valence-corrected chi connectivity index (χ4v) is 1.90. The lowest BCUT2D eigenvalue weighted by Crippen LogP contribution is -2.16. The van der Waals surface area contributed by atoms with Crippen molar-refractivity contribution in [3.05, 3.63) is 23.4 Å². The van der Waals surface area contributed by atoms with Crippen LogP contribution in [0.2, 0.25) is 0 Å². The lowest BCUT2D eigenvalue weighted by atomic mass is 10.2. The predicted octanol–water partition coefficient (Wildman–Crippen LogP) is 2.22. The standard InChI is InChI=1S/C13H19N3/c1-9-6-10(8-14-11-2-3-11)7-13(15-9)16-12-4-5-12/h6-7,11-12,14H,2-5,8H2,1H3,(H,15,16). The average Bonchev–Trinajstić information content (AvgIpc) is 3.09. The molecule has 0 aromatic carbocycles. The Morgan fingerprint density at radius 2 is 1.94 bits per heavy atom. The lowest BCUT2D eigenvalue weighted by molar-refractivity contribution is 0.686. The fraction of sp³-hybridized carbons (Fsp3) is 0.615. The van der Waals surface area contributed by atoms with Gasteiger partial charge in [0.1, 0.15) is 5.82 Å². The molecule has 0 bridgehead atoms. The Morgan fingerprint density at radius 3 is 2.62 bits per heavy atom. The topological polar surface area (TPSA) is 37.0 Å². The first-order chi connectivity index (χ1) is 7.79. The van der Waals surface area contributed by atoms with E-state index in [1.54, 1.807) is 0 Å². The van der Waals surface area contributed by atoms with Crippen LogP contribution < -0.4 is 10.6 Å². The van der Waals surface area contributed by atoms with Crippen LogP contribution in [-0.2, 0) is 6.54 Å². The molecule has 3 nitrogen and oxygen atoms in total. The van der Waals surface area contributed by atoms with Crippen LogP contribution in [0.25, 0.3) is 0 Å². The first-order valence-corrected chi connectivity index (χ1v) is 6.27. The van der Waals surface area contributed by atoms with Crippen LogP contribution in [0.15, 0.2) is 12.1 Å². The average molecular weight is 217 g/mol. The third-order valence-corrected chi connectivity index (χ3v) is 3.11. The molecule has 16 heavy (non-hydrogen) atoms. The Balaban J connectivity index is 1.66. The number of hydrogen-bond donors (Lipinski definition) is 2. The first kappa shape index (κ1) is 10.1. The maximum Gasteiger partial charge on any atom is 0.126 e. The first-order valence-electron chi connectivity index (χ1n) is 6.27.